The Bertz CT molecular complexity index is 838. The van der Waals surface area contributed by atoms with Crippen molar-refractivity contribution >= 4 is 40.6 Å². The third-order valence-corrected chi connectivity index (χ3v) is 4.63. The lowest BCUT2D eigenvalue weighted by Gasteiger charge is -2.07. The Labute approximate surface area is 153 Å². The maximum atomic E-state index is 12.0. The lowest BCUT2D eigenvalue weighted by Crippen LogP contribution is -2.24. The number of hydrogen-bond acceptors (Lipinski definition) is 5. The second-order valence-electron chi connectivity index (χ2n) is 5.30. The van der Waals surface area contributed by atoms with E-state index in [1.54, 1.807) is 18.2 Å². The summed E-state index contributed by atoms with van der Waals surface area (Å²) < 4.78 is 5.30. The minimum Gasteiger partial charge on any atom is -0.426 e. The number of aliphatic hydroxyl groups is 1. The zero-order valence-electron chi connectivity index (χ0n) is 12.9. The van der Waals surface area contributed by atoms with E-state index in [4.69, 9.17) is 16.3 Å². The minimum atomic E-state index is -1.03. The van der Waals surface area contributed by atoms with E-state index in [2.05, 4.69) is 5.32 Å². The summed E-state index contributed by atoms with van der Waals surface area (Å²) in [5, 5.41) is 12.1. The molecule has 2 aromatic rings. The number of amides is 1. The van der Waals surface area contributed by atoms with Crippen LogP contribution >= 0.6 is 23.4 Å². The van der Waals surface area contributed by atoms with Crippen LogP contribution in [0, 0.1) is 0 Å². The number of carbonyl (C=O) groups is 2. The minimum absolute atomic E-state index is 0.168. The fourth-order valence-corrected chi connectivity index (χ4v) is 3.22. The average molecular weight is 376 g/mol. The molecule has 1 aliphatic rings. The molecule has 0 saturated carbocycles. The smallest absolute Gasteiger partial charge is 0.315 e. The highest BCUT2D eigenvalue weighted by molar-refractivity contribution is 8.17. The largest absolute Gasteiger partial charge is 0.426 e. The average Bonchev–Trinajstić information content (AvgIpc) is 2.88. The van der Waals surface area contributed by atoms with E-state index in [0.29, 0.717) is 21.2 Å². The molecule has 1 heterocycles. The monoisotopic (exact) mass is 375 g/mol. The van der Waals surface area contributed by atoms with E-state index >= 15 is 0 Å². The Hall–Kier alpha value is -2.28. The number of hydrogen-bond donors (Lipinski definition) is 2. The first-order valence-corrected chi connectivity index (χ1v) is 8.63. The van der Waals surface area contributed by atoms with E-state index in [-0.39, 0.29) is 17.6 Å². The molecule has 0 spiro atoms. The summed E-state index contributed by atoms with van der Waals surface area (Å²) in [4.78, 5) is 23.7. The fraction of sp³-hybridized carbons (Fsp3) is 0.111. The number of esters is 1. The zero-order valence-corrected chi connectivity index (χ0v) is 14.5. The molecule has 2 aromatic carbocycles. The molecule has 0 bridgehead atoms. The van der Waals surface area contributed by atoms with Gasteiger partial charge < -0.3 is 15.2 Å². The number of ether oxygens (including phenoxy) is 1. The quantitative estimate of drug-likeness (QED) is 0.630. The van der Waals surface area contributed by atoms with E-state index in [1.165, 1.54) is 6.07 Å². The standard InChI is InChI=1S/C18H14ClNO4S/c19-14-10-13(24-16(21)8-11-4-2-1-3-5-11)7-6-12(14)9-15-17(22)20-18(23)25-15/h1-7,9-10,17,22H,8H2,(H,20,23)/b15-9-/t17-/m1/s1. The van der Waals surface area contributed by atoms with Crippen LogP contribution in [0.4, 0.5) is 4.79 Å². The molecule has 25 heavy (non-hydrogen) atoms. The number of thioether (sulfide) groups is 1. The molecule has 5 nitrogen and oxygen atoms in total. The van der Waals surface area contributed by atoms with Gasteiger partial charge in [0.25, 0.3) is 5.24 Å². The van der Waals surface area contributed by atoms with Crippen molar-refractivity contribution in [3.05, 3.63) is 69.6 Å². The maximum Gasteiger partial charge on any atom is 0.315 e. The molecule has 1 amide bonds. The van der Waals surface area contributed by atoms with Gasteiger partial charge in [-0.1, -0.05) is 41.9 Å². The lowest BCUT2D eigenvalue weighted by molar-refractivity contribution is -0.133. The second kappa shape index (κ2) is 7.74. The van der Waals surface area contributed by atoms with Gasteiger partial charge in [-0.05, 0) is 41.1 Å². The molecule has 1 atom stereocenters. The summed E-state index contributed by atoms with van der Waals surface area (Å²) in [5.74, 6) is -0.0492. The summed E-state index contributed by atoms with van der Waals surface area (Å²) in [7, 11) is 0. The van der Waals surface area contributed by atoms with Crippen LogP contribution in [0.1, 0.15) is 11.1 Å². The van der Waals surface area contributed by atoms with Gasteiger partial charge >= 0.3 is 5.97 Å². The molecule has 0 unspecified atom stereocenters. The first kappa shape index (κ1) is 17.5. The van der Waals surface area contributed by atoms with Gasteiger partial charge in [-0.25, -0.2) is 0 Å². The predicted octanol–water partition coefficient (Wildman–Crippen LogP) is 3.60. The van der Waals surface area contributed by atoms with Crippen LogP contribution in [0.15, 0.2) is 53.4 Å². The van der Waals surface area contributed by atoms with Crippen molar-refractivity contribution in [2.45, 2.75) is 12.6 Å². The lowest BCUT2D eigenvalue weighted by atomic mass is 10.1. The van der Waals surface area contributed by atoms with Crippen molar-refractivity contribution in [2.75, 3.05) is 0 Å². The summed E-state index contributed by atoms with van der Waals surface area (Å²) in [6.45, 7) is 0. The molecule has 0 radical (unpaired) electrons. The molecule has 0 aromatic heterocycles. The molecule has 1 saturated heterocycles. The summed E-state index contributed by atoms with van der Waals surface area (Å²) >= 11 is 7.11. The zero-order chi connectivity index (χ0) is 17.8. The Kier molecular flexibility index (Phi) is 5.43. The first-order valence-electron chi connectivity index (χ1n) is 7.43. The topological polar surface area (TPSA) is 75.6 Å². The SMILES string of the molecule is O=C(Cc1ccccc1)Oc1ccc(/C=C2\SC(=O)N[C@@H]2O)c(Cl)c1. The van der Waals surface area contributed by atoms with Crippen molar-refractivity contribution in [1.82, 2.24) is 5.32 Å². The van der Waals surface area contributed by atoms with Gasteiger partial charge in [-0.2, -0.15) is 0 Å². The van der Waals surface area contributed by atoms with Crippen molar-refractivity contribution in [3.63, 3.8) is 0 Å². The normalized spacial score (nSPS) is 18.2. The van der Waals surface area contributed by atoms with Crippen LogP contribution < -0.4 is 10.1 Å². The second-order valence-corrected chi connectivity index (χ2v) is 6.76. The number of benzene rings is 2. The molecule has 1 aliphatic heterocycles. The highest BCUT2D eigenvalue weighted by Gasteiger charge is 2.25. The molecule has 2 N–H and O–H groups in total. The van der Waals surface area contributed by atoms with Crippen molar-refractivity contribution in [1.29, 1.82) is 0 Å². The third kappa shape index (κ3) is 4.63. The van der Waals surface area contributed by atoms with Crippen LogP contribution in [-0.4, -0.2) is 22.5 Å². The number of halogens is 1. The van der Waals surface area contributed by atoms with Crippen LogP contribution in [0.5, 0.6) is 5.75 Å². The van der Waals surface area contributed by atoms with Crippen molar-refractivity contribution in [3.8, 4) is 5.75 Å². The van der Waals surface area contributed by atoms with Crippen LogP contribution in [-0.2, 0) is 11.2 Å². The summed E-state index contributed by atoms with van der Waals surface area (Å²) in [6, 6.07) is 14.1. The van der Waals surface area contributed by atoms with Gasteiger partial charge in [0.1, 0.15) is 5.75 Å². The maximum absolute atomic E-state index is 12.0. The van der Waals surface area contributed by atoms with Gasteiger partial charge in [0.15, 0.2) is 6.23 Å². The Morgan fingerprint density at radius 2 is 2.04 bits per heavy atom. The van der Waals surface area contributed by atoms with E-state index in [9.17, 15) is 14.7 Å². The van der Waals surface area contributed by atoms with Crippen LogP contribution in [0.25, 0.3) is 6.08 Å². The molecular formula is C18H14ClNO4S. The van der Waals surface area contributed by atoms with Crippen LogP contribution in [0.3, 0.4) is 0 Å². The Morgan fingerprint density at radius 3 is 2.68 bits per heavy atom. The highest BCUT2D eigenvalue weighted by Crippen LogP contribution is 2.31. The predicted molar refractivity (Wildman–Crippen MR) is 97.3 cm³/mol. The molecule has 3 rings (SSSR count). The number of aliphatic hydroxyl groups excluding tert-OH is 1. The molecular weight excluding hydrogens is 362 g/mol. The van der Waals surface area contributed by atoms with E-state index in [1.807, 2.05) is 30.3 Å². The van der Waals surface area contributed by atoms with Gasteiger partial charge in [-0.15, -0.1) is 0 Å². The molecule has 7 heteroatoms. The van der Waals surface area contributed by atoms with Crippen LogP contribution in [0.2, 0.25) is 5.02 Å². The fourth-order valence-electron chi connectivity index (χ4n) is 2.26. The number of rotatable bonds is 4. The Morgan fingerprint density at radius 1 is 1.28 bits per heavy atom. The molecule has 128 valence electrons. The Balaban J connectivity index is 1.69. The van der Waals surface area contributed by atoms with Gasteiger partial charge in [0, 0.05) is 11.0 Å². The number of carbonyl (C=O) groups excluding carboxylic acids is 2. The third-order valence-electron chi connectivity index (χ3n) is 3.43. The van der Waals surface area contributed by atoms with Gasteiger partial charge in [0.05, 0.1) is 11.4 Å². The van der Waals surface area contributed by atoms with Gasteiger partial charge in [-0.3, -0.25) is 9.59 Å². The van der Waals surface area contributed by atoms with Crippen molar-refractivity contribution < 1.29 is 19.4 Å². The number of nitrogens with one attached hydrogen (secondary N) is 1. The van der Waals surface area contributed by atoms with Crippen molar-refractivity contribution in [2.24, 2.45) is 0 Å². The highest BCUT2D eigenvalue weighted by atomic mass is 35.5. The summed E-state index contributed by atoms with van der Waals surface area (Å²) in [5.41, 5.74) is 1.48. The van der Waals surface area contributed by atoms with Gasteiger partial charge in [0.2, 0.25) is 0 Å². The van der Waals surface area contributed by atoms with E-state index < -0.39 is 6.23 Å². The first-order chi connectivity index (χ1) is 12.0. The molecule has 0 aliphatic carbocycles. The molecule has 1 fully saturated rings. The summed E-state index contributed by atoms with van der Waals surface area (Å²) in [6.07, 6.45) is 0.753. The van der Waals surface area contributed by atoms with E-state index in [0.717, 1.165) is 17.3 Å².